The molecule has 0 aliphatic carbocycles. The van der Waals surface area contributed by atoms with Gasteiger partial charge in [-0.15, -0.1) is 0 Å². The largest absolute Gasteiger partial charge is 0.325 e. The normalized spacial score (nSPS) is 21.0. The van der Waals surface area contributed by atoms with Crippen molar-refractivity contribution in [1.29, 1.82) is 0 Å². The number of pyridine rings is 1. The highest BCUT2D eigenvalue weighted by Gasteiger charge is 2.41. The van der Waals surface area contributed by atoms with Crippen LogP contribution in [0.2, 0.25) is 10.0 Å². The van der Waals surface area contributed by atoms with E-state index in [4.69, 9.17) is 23.2 Å². The van der Waals surface area contributed by atoms with Gasteiger partial charge in [-0.1, -0.05) is 35.3 Å². The number of benzene rings is 1. The van der Waals surface area contributed by atoms with Crippen LogP contribution in [0.25, 0.3) is 0 Å². The summed E-state index contributed by atoms with van der Waals surface area (Å²) >= 11 is 12.7. The Morgan fingerprint density at radius 3 is 2.47 bits per heavy atom. The summed E-state index contributed by atoms with van der Waals surface area (Å²) in [4.78, 5) is 38.4. The van der Waals surface area contributed by atoms with Gasteiger partial charge in [0.05, 0.1) is 10.0 Å². The zero-order valence-corrected chi connectivity index (χ0v) is 24.2. The van der Waals surface area contributed by atoms with Gasteiger partial charge in [0.1, 0.15) is 5.82 Å². The van der Waals surface area contributed by atoms with E-state index in [2.05, 4.69) is 16.0 Å². The number of urea groups is 1. The summed E-state index contributed by atoms with van der Waals surface area (Å²) in [6, 6.07) is 11.9. The number of anilines is 1. The van der Waals surface area contributed by atoms with Gasteiger partial charge in [0.25, 0.3) is 0 Å². The average Bonchev–Trinajstić information content (AvgIpc) is 2.95. The van der Waals surface area contributed by atoms with Crippen molar-refractivity contribution in [2.75, 3.05) is 51.2 Å². The van der Waals surface area contributed by atoms with E-state index in [1.807, 2.05) is 65.9 Å². The molecule has 2 fully saturated rings. The molecule has 7 nitrogen and oxygen atoms in total. The Morgan fingerprint density at radius 1 is 1.11 bits per heavy atom. The van der Waals surface area contributed by atoms with Gasteiger partial charge in [-0.2, -0.15) is 0 Å². The number of rotatable bonds is 8. The minimum absolute atomic E-state index is 0.0982. The van der Waals surface area contributed by atoms with Crippen LogP contribution in [0.5, 0.6) is 0 Å². The molecule has 9 heteroatoms. The lowest BCUT2D eigenvalue weighted by atomic mass is 9.71. The maximum Gasteiger partial charge on any atom is 0.319 e. The standard InChI is InChI=1S/C29H39Cl2N5O2/c1-4-35(5-2)28(38)33(3)23-12-17-34(18-13-23)19-15-29(22-9-10-24(30)25(31)20-22)14-11-27(37)36(21-29)26-8-6-7-16-32-26/h6-10,16,20,23H,4-5,11-15,17-19,21H2,1-3H3. The first kappa shape index (κ1) is 28.7. The number of piperidine rings is 2. The number of aromatic nitrogens is 1. The molecule has 0 spiro atoms. The third-order valence-electron chi connectivity index (χ3n) is 8.38. The number of hydrogen-bond acceptors (Lipinski definition) is 4. The molecule has 0 N–H and O–H groups in total. The van der Waals surface area contributed by atoms with Crippen molar-refractivity contribution in [3.63, 3.8) is 0 Å². The van der Waals surface area contributed by atoms with Crippen LogP contribution in [0, 0.1) is 0 Å². The van der Waals surface area contributed by atoms with Crippen LogP contribution >= 0.6 is 23.2 Å². The topological polar surface area (TPSA) is 60.0 Å². The molecule has 0 radical (unpaired) electrons. The molecule has 2 aliphatic rings. The molecule has 2 aromatic rings. The Morgan fingerprint density at radius 2 is 1.84 bits per heavy atom. The molecule has 1 aromatic heterocycles. The highest BCUT2D eigenvalue weighted by molar-refractivity contribution is 6.42. The molecular weight excluding hydrogens is 521 g/mol. The van der Waals surface area contributed by atoms with Crippen molar-refractivity contribution < 1.29 is 9.59 Å². The van der Waals surface area contributed by atoms with E-state index in [9.17, 15) is 9.59 Å². The zero-order valence-electron chi connectivity index (χ0n) is 22.7. The molecule has 0 saturated carbocycles. The maximum atomic E-state index is 13.0. The summed E-state index contributed by atoms with van der Waals surface area (Å²) in [5.74, 6) is 0.782. The fourth-order valence-electron chi connectivity index (χ4n) is 5.86. The van der Waals surface area contributed by atoms with Gasteiger partial charge in [-0.3, -0.25) is 9.69 Å². The van der Waals surface area contributed by atoms with E-state index in [0.717, 1.165) is 64.0 Å². The molecule has 1 atom stereocenters. The SMILES string of the molecule is CCN(CC)C(=O)N(C)C1CCN(CCC2(c3ccc(Cl)c(Cl)c3)CCC(=O)N(c3ccccn3)C2)CC1. The lowest BCUT2D eigenvalue weighted by molar-refractivity contribution is -0.120. The van der Waals surface area contributed by atoms with Gasteiger partial charge in [0.2, 0.25) is 5.91 Å². The van der Waals surface area contributed by atoms with Crippen LogP contribution in [0.3, 0.4) is 0 Å². The smallest absolute Gasteiger partial charge is 0.319 e. The molecule has 38 heavy (non-hydrogen) atoms. The van der Waals surface area contributed by atoms with Crippen LogP contribution in [0.15, 0.2) is 42.6 Å². The van der Waals surface area contributed by atoms with Gasteiger partial charge in [0.15, 0.2) is 0 Å². The van der Waals surface area contributed by atoms with Crippen molar-refractivity contribution >= 4 is 41.0 Å². The van der Waals surface area contributed by atoms with E-state index in [1.54, 1.807) is 6.20 Å². The summed E-state index contributed by atoms with van der Waals surface area (Å²) in [6.45, 7) is 8.86. The monoisotopic (exact) mass is 559 g/mol. The number of hydrogen-bond donors (Lipinski definition) is 0. The van der Waals surface area contributed by atoms with Gasteiger partial charge in [-0.05, 0) is 75.9 Å². The summed E-state index contributed by atoms with van der Waals surface area (Å²) in [6.07, 6.45) is 5.75. The molecule has 3 heterocycles. The fourth-order valence-corrected chi connectivity index (χ4v) is 6.16. The van der Waals surface area contributed by atoms with Crippen molar-refractivity contribution in [1.82, 2.24) is 19.7 Å². The van der Waals surface area contributed by atoms with Crippen molar-refractivity contribution in [3.05, 3.63) is 58.2 Å². The Kier molecular flexibility index (Phi) is 9.55. The summed E-state index contributed by atoms with van der Waals surface area (Å²) in [5, 5.41) is 1.07. The van der Waals surface area contributed by atoms with E-state index in [0.29, 0.717) is 28.8 Å². The summed E-state index contributed by atoms with van der Waals surface area (Å²) in [7, 11) is 1.94. The summed E-state index contributed by atoms with van der Waals surface area (Å²) in [5.41, 5.74) is 0.853. The lowest BCUT2D eigenvalue weighted by Gasteiger charge is -2.44. The van der Waals surface area contributed by atoms with E-state index in [-0.39, 0.29) is 23.4 Å². The minimum atomic E-state index is -0.258. The lowest BCUT2D eigenvalue weighted by Crippen LogP contribution is -2.52. The molecule has 2 aliphatic heterocycles. The molecule has 2 saturated heterocycles. The molecule has 1 unspecified atom stereocenters. The van der Waals surface area contributed by atoms with Gasteiger partial charge in [0, 0.05) is 63.8 Å². The van der Waals surface area contributed by atoms with Crippen LogP contribution in [0.1, 0.15) is 51.5 Å². The van der Waals surface area contributed by atoms with E-state index >= 15 is 0 Å². The molecular formula is C29H39Cl2N5O2. The first-order chi connectivity index (χ1) is 18.3. The van der Waals surface area contributed by atoms with Crippen LogP contribution < -0.4 is 4.90 Å². The second-order valence-corrected chi connectivity index (χ2v) is 11.3. The number of carbonyl (C=O) groups excluding carboxylic acids is 2. The number of amides is 3. The second-order valence-electron chi connectivity index (χ2n) is 10.5. The first-order valence-electron chi connectivity index (χ1n) is 13.7. The zero-order chi connectivity index (χ0) is 27.3. The highest BCUT2D eigenvalue weighted by Crippen LogP contribution is 2.41. The molecule has 1 aromatic carbocycles. The number of carbonyl (C=O) groups is 2. The molecule has 0 bridgehead atoms. The Balaban J connectivity index is 1.47. The number of halogens is 2. The third kappa shape index (κ3) is 6.27. The van der Waals surface area contributed by atoms with Crippen LogP contribution in [0.4, 0.5) is 10.6 Å². The van der Waals surface area contributed by atoms with E-state index < -0.39 is 0 Å². The molecule has 206 valence electrons. The Hall–Kier alpha value is -2.35. The predicted molar refractivity (Wildman–Crippen MR) is 154 cm³/mol. The third-order valence-corrected chi connectivity index (χ3v) is 9.12. The van der Waals surface area contributed by atoms with Crippen molar-refractivity contribution in [2.45, 2.75) is 57.4 Å². The average molecular weight is 561 g/mol. The number of likely N-dealkylation sites (tertiary alicyclic amines) is 1. The van der Waals surface area contributed by atoms with Crippen LogP contribution in [-0.2, 0) is 10.2 Å². The second kappa shape index (κ2) is 12.7. The minimum Gasteiger partial charge on any atom is -0.325 e. The van der Waals surface area contributed by atoms with Crippen LogP contribution in [-0.4, -0.2) is 84.0 Å². The molecule has 4 rings (SSSR count). The van der Waals surface area contributed by atoms with Crippen molar-refractivity contribution in [2.24, 2.45) is 0 Å². The molecule has 3 amide bonds. The van der Waals surface area contributed by atoms with E-state index in [1.165, 1.54) is 0 Å². The van der Waals surface area contributed by atoms with Gasteiger partial charge >= 0.3 is 6.03 Å². The quantitative estimate of drug-likeness (QED) is 0.416. The Labute approximate surface area is 236 Å². The maximum absolute atomic E-state index is 13.0. The Bertz CT molecular complexity index is 1110. The van der Waals surface area contributed by atoms with Gasteiger partial charge < -0.3 is 14.7 Å². The highest BCUT2D eigenvalue weighted by atomic mass is 35.5. The summed E-state index contributed by atoms with van der Waals surface area (Å²) < 4.78 is 0. The number of nitrogens with zero attached hydrogens (tertiary/aromatic N) is 5. The first-order valence-corrected chi connectivity index (χ1v) is 14.4. The van der Waals surface area contributed by atoms with Gasteiger partial charge in [-0.25, -0.2) is 9.78 Å². The van der Waals surface area contributed by atoms with Crippen molar-refractivity contribution in [3.8, 4) is 0 Å². The fraction of sp³-hybridized carbons (Fsp3) is 0.552. The predicted octanol–water partition coefficient (Wildman–Crippen LogP) is 5.70.